The Bertz CT molecular complexity index is 1240. The monoisotopic (exact) mass is 371 g/mol. The van der Waals surface area contributed by atoms with Crippen molar-refractivity contribution in [3.8, 4) is 0 Å². The Balaban J connectivity index is 1.90. The Labute approximate surface area is 149 Å². The van der Waals surface area contributed by atoms with E-state index in [0.29, 0.717) is 40.3 Å². The lowest BCUT2D eigenvalue weighted by molar-refractivity contribution is 0.602. The summed E-state index contributed by atoms with van der Waals surface area (Å²) in [5.41, 5.74) is 8.03. The van der Waals surface area contributed by atoms with Crippen molar-refractivity contribution >= 4 is 49.0 Å². The van der Waals surface area contributed by atoms with Crippen LogP contribution < -0.4 is 11.1 Å². The molecule has 0 unspecified atom stereocenters. The molecule has 4 N–H and O–H groups in total. The van der Waals surface area contributed by atoms with Crippen LogP contribution in [-0.4, -0.2) is 39.6 Å². The molecule has 4 aromatic rings. The van der Waals surface area contributed by atoms with Gasteiger partial charge in [-0.3, -0.25) is 5.10 Å². The van der Waals surface area contributed by atoms with E-state index < -0.39 is 9.84 Å². The highest BCUT2D eigenvalue weighted by atomic mass is 32.2. The molecule has 0 aliphatic rings. The lowest BCUT2D eigenvalue weighted by Crippen LogP contribution is -2.04. The topological polar surface area (TPSA) is 132 Å². The summed E-state index contributed by atoms with van der Waals surface area (Å²) in [4.78, 5) is 4.84. The minimum atomic E-state index is -3.31. The molecule has 0 saturated heterocycles. The highest BCUT2D eigenvalue weighted by Gasteiger charge is 2.15. The third-order valence-corrected chi connectivity index (χ3v) is 5.34. The van der Waals surface area contributed by atoms with E-state index in [1.165, 1.54) is 6.26 Å². The number of aryl methyl sites for hydroxylation is 1. The molecule has 26 heavy (non-hydrogen) atoms. The summed E-state index contributed by atoms with van der Waals surface area (Å²) in [6.07, 6.45) is 4.47. The second-order valence-electron chi connectivity index (χ2n) is 5.95. The second-order valence-corrected chi connectivity index (χ2v) is 7.97. The van der Waals surface area contributed by atoms with Crippen molar-refractivity contribution in [1.29, 1.82) is 0 Å². The number of aromatic nitrogens is 5. The van der Waals surface area contributed by atoms with Gasteiger partial charge in [0.2, 0.25) is 0 Å². The maximum Gasteiger partial charge on any atom is 0.175 e. The molecule has 9 nitrogen and oxygen atoms in total. The first-order chi connectivity index (χ1) is 12.4. The standard InChI is InChI=1S/C16H17N7O2S/c1-3-23-15(17)13(8-19-23)21-16-14-11(7-18-22-14)10-6-9(26(2,24)25)4-5-12(10)20-16/h4-8H,3,17H2,1-2H3,(H,18,22)(H,20,21). The highest BCUT2D eigenvalue weighted by molar-refractivity contribution is 7.90. The number of anilines is 3. The van der Waals surface area contributed by atoms with E-state index in [-0.39, 0.29) is 4.90 Å². The molecular weight excluding hydrogens is 354 g/mol. The van der Waals surface area contributed by atoms with Crippen LogP contribution in [-0.2, 0) is 16.4 Å². The van der Waals surface area contributed by atoms with Gasteiger partial charge in [0.15, 0.2) is 15.7 Å². The van der Waals surface area contributed by atoms with Crippen LogP contribution in [0, 0.1) is 0 Å². The lowest BCUT2D eigenvalue weighted by Gasteiger charge is -2.09. The van der Waals surface area contributed by atoms with Crippen molar-refractivity contribution in [3.63, 3.8) is 0 Å². The van der Waals surface area contributed by atoms with Crippen molar-refractivity contribution in [2.75, 3.05) is 17.3 Å². The fourth-order valence-corrected chi connectivity index (χ4v) is 3.51. The van der Waals surface area contributed by atoms with Crippen LogP contribution in [0.2, 0.25) is 0 Å². The maximum absolute atomic E-state index is 11.8. The predicted molar refractivity (Wildman–Crippen MR) is 100 cm³/mol. The number of pyridine rings is 1. The number of hydrogen-bond donors (Lipinski definition) is 3. The number of fused-ring (bicyclic) bond motifs is 3. The molecule has 10 heteroatoms. The van der Waals surface area contributed by atoms with Crippen LogP contribution in [0.1, 0.15) is 6.92 Å². The van der Waals surface area contributed by atoms with Crippen molar-refractivity contribution in [3.05, 3.63) is 30.6 Å². The van der Waals surface area contributed by atoms with Crippen LogP contribution in [0.15, 0.2) is 35.5 Å². The van der Waals surface area contributed by atoms with Crippen molar-refractivity contribution in [1.82, 2.24) is 25.0 Å². The van der Waals surface area contributed by atoms with Gasteiger partial charge in [-0.05, 0) is 25.1 Å². The van der Waals surface area contributed by atoms with E-state index in [1.807, 2.05) is 6.92 Å². The van der Waals surface area contributed by atoms with Gasteiger partial charge in [-0.2, -0.15) is 10.2 Å². The van der Waals surface area contributed by atoms with E-state index in [9.17, 15) is 8.42 Å². The van der Waals surface area contributed by atoms with Gasteiger partial charge in [-0.15, -0.1) is 0 Å². The Morgan fingerprint density at radius 3 is 2.77 bits per heavy atom. The average molecular weight is 371 g/mol. The van der Waals surface area contributed by atoms with Gasteiger partial charge in [0.1, 0.15) is 17.0 Å². The smallest absolute Gasteiger partial charge is 0.175 e. The van der Waals surface area contributed by atoms with E-state index >= 15 is 0 Å². The van der Waals surface area contributed by atoms with Gasteiger partial charge in [0.05, 0.1) is 22.8 Å². The van der Waals surface area contributed by atoms with Crippen LogP contribution in [0.25, 0.3) is 21.8 Å². The molecule has 0 aliphatic heterocycles. The van der Waals surface area contributed by atoms with Crippen LogP contribution in [0.5, 0.6) is 0 Å². The van der Waals surface area contributed by atoms with Gasteiger partial charge < -0.3 is 11.1 Å². The van der Waals surface area contributed by atoms with Gasteiger partial charge in [0, 0.05) is 23.6 Å². The fraction of sp³-hybridized carbons (Fsp3) is 0.188. The zero-order valence-electron chi connectivity index (χ0n) is 14.2. The first-order valence-corrected chi connectivity index (χ1v) is 9.83. The van der Waals surface area contributed by atoms with E-state index in [4.69, 9.17) is 5.73 Å². The third kappa shape index (κ3) is 2.54. The molecule has 0 spiro atoms. The summed E-state index contributed by atoms with van der Waals surface area (Å²) >= 11 is 0. The minimum Gasteiger partial charge on any atom is -0.382 e. The third-order valence-electron chi connectivity index (χ3n) is 4.23. The minimum absolute atomic E-state index is 0.239. The fourth-order valence-electron chi connectivity index (χ4n) is 2.87. The Kier molecular flexibility index (Phi) is 3.58. The molecule has 0 fully saturated rings. The number of aromatic amines is 1. The average Bonchev–Trinajstić information content (AvgIpc) is 3.22. The maximum atomic E-state index is 11.8. The molecular formula is C16H17N7O2S. The predicted octanol–water partition coefficient (Wildman–Crippen LogP) is 2.06. The summed E-state index contributed by atoms with van der Waals surface area (Å²) in [5, 5.41) is 15.9. The van der Waals surface area contributed by atoms with Gasteiger partial charge in [0.25, 0.3) is 0 Å². The van der Waals surface area contributed by atoms with Gasteiger partial charge in [-0.1, -0.05) is 0 Å². The summed E-state index contributed by atoms with van der Waals surface area (Å²) in [7, 11) is -3.31. The molecule has 0 aliphatic carbocycles. The highest BCUT2D eigenvalue weighted by Crippen LogP contribution is 2.32. The quantitative estimate of drug-likeness (QED) is 0.500. The number of sulfone groups is 1. The Morgan fingerprint density at radius 1 is 1.27 bits per heavy atom. The number of nitrogens with two attached hydrogens (primary N) is 1. The molecule has 4 rings (SSSR count). The summed E-state index contributed by atoms with van der Waals surface area (Å²) in [6, 6.07) is 4.84. The summed E-state index contributed by atoms with van der Waals surface area (Å²) in [5.74, 6) is 1.05. The van der Waals surface area contributed by atoms with E-state index in [2.05, 4.69) is 25.6 Å². The lowest BCUT2D eigenvalue weighted by atomic mass is 10.1. The SMILES string of the molecule is CCn1ncc(Nc2nc3ccc(S(C)(=O)=O)cc3c3cn[nH]c23)c1N. The zero-order chi connectivity index (χ0) is 18.5. The molecule has 3 heterocycles. The number of hydrogen-bond acceptors (Lipinski definition) is 7. The van der Waals surface area contributed by atoms with E-state index in [0.717, 1.165) is 5.39 Å². The normalized spacial score (nSPS) is 12.1. The number of rotatable bonds is 4. The summed E-state index contributed by atoms with van der Waals surface area (Å²) < 4.78 is 25.4. The molecule has 134 valence electrons. The van der Waals surface area contributed by atoms with Crippen LogP contribution in [0.3, 0.4) is 0 Å². The zero-order valence-corrected chi connectivity index (χ0v) is 15.0. The number of nitrogens with zero attached hydrogens (tertiary/aromatic N) is 4. The number of H-pyrrole nitrogens is 1. The molecule has 0 saturated carbocycles. The summed E-state index contributed by atoms with van der Waals surface area (Å²) in [6.45, 7) is 2.61. The number of nitrogens with one attached hydrogen (secondary N) is 2. The number of nitrogen functional groups attached to an aromatic ring is 1. The Morgan fingerprint density at radius 2 is 2.08 bits per heavy atom. The van der Waals surface area contributed by atoms with Crippen molar-refractivity contribution in [2.24, 2.45) is 0 Å². The second kappa shape index (κ2) is 5.70. The largest absolute Gasteiger partial charge is 0.382 e. The molecule has 0 bridgehead atoms. The van der Waals surface area contributed by atoms with Crippen LogP contribution >= 0.6 is 0 Å². The number of benzene rings is 1. The first kappa shape index (κ1) is 16.3. The molecule has 0 amide bonds. The Hall–Kier alpha value is -3.14. The van der Waals surface area contributed by atoms with E-state index in [1.54, 1.807) is 35.3 Å². The van der Waals surface area contributed by atoms with Crippen molar-refractivity contribution in [2.45, 2.75) is 18.4 Å². The van der Waals surface area contributed by atoms with Crippen molar-refractivity contribution < 1.29 is 8.42 Å². The molecule has 0 atom stereocenters. The molecule has 1 aromatic carbocycles. The van der Waals surface area contributed by atoms with Gasteiger partial charge >= 0.3 is 0 Å². The van der Waals surface area contributed by atoms with Crippen LogP contribution in [0.4, 0.5) is 17.3 Å². The van der Waals surface area contributed by atoms with Gasteiger partial charge in [-0.25, -0.2) is 18.1 Å². The first-order valence-electron chi connectivity index (χ1n) is 7.93. The molecule has 0 radical (unpaired) electrons. The molecule has 3 aromatic heterocycles.